The number of nitrogens with zero attached hydrogens (tertiary/aromatic N) is 6. The number of likely N-dealkylation sites (N-methyl/N-ethyl adjacent to an activating group) is 1. The van der Waals surface area contributed by atoms with E-state index in [9.17, 15) is 14.7 Å². The van der Waals surface area contributed by atoms with Crippen molar-refractivity contribution in [1.82, 2.24) is 24.7 Å². The molecule has 0 unspecified atom stereocenters. The van der Waals surface area contributed by atoms with E-state index in [4.69, 9.17) is 32.9 Å². The average Bonchev–Trinajstić information content (AvgIpc) is 2.97. The van der Waals surface area contributed by atoms with Crippen molar-refractivity contribution >= 4 is 41.0 Å². The topological polar surface area (TPSA) is 102 Å². The zero-order valence-corrected chi connectivity index (χ0v) is 25.9. The molecule has 1 N–H and O–H groups in total. The van der Waals surface area contributed by atoms with E-state index < -0.39 is 12.0 Å². The summed E-state index contributed by atoms with van der Waals surface area (Å²) < 4.78 is 6.22. The Hall–Kier alpha value is -3.44. The second kappa shape index (κ2) is 13.9. The molecule has 43 heavy (non-hydrogen) atoms. The Morgan fingerprint density at radius 1 is 1.00 bits per heavy atom. The molecule has 4 heterocycles. The zero-order valence-electron chi connectivity index (χ0n) is 24.4. The summed E-state index contributed by atoms with van der Waals surface area (Å²) in [7, 11) is 2.13. The Balaban J connectivity index is 1.31. The maximum absolute atomic E-state index is 11.7. The standard InChI is InChI=1S/C31H36Cl2N6O4/c1-21(40)39(31(41)42)20-22-5-7-37(8-6-22)19-23-13-28(24-15-25(32)17-26(33)16-24)35-30(14-23)43-27-3-4-29(34-18-27)38-11-9-36(2)10-12-38/h3-4,13-18,22H,5-12,19-20H2,1-2H3,(H,41,42). The molecule has 12 heteroatoms. The fourth-order valence-corrected chi connectivity index (χ4v) is 6.04. The number of imide groups is 1. The number of benzene rings is 1. The second-order valence-corrected chi connectivity index (χ2v) is 12.1. The number of aromatic nitrogens is 2. The number of anilines is 1. The number of piperidine rings is 1. The second-order valence-electron chi connectivity index (χ2n) is 11.2. The summed E-state index contributed by atoms with van der Waals surface area (Å²) in [6.45, 7) is 7.61. The van der Waals surface area contributed by atoms with Gasteiger partial charge in [-0.1, -0.05) is 23.2 Å². The van der Waals surface area contributed by atoms with Gasteiger partial charge in [-0.05, 0) is 80.9 Å². The number of rotatable bonds is 8. The first-order valence-electron chi connectivity index (χ1n) is 14.4. The lowest BCUT2D eigenvalue weighted by Crippen LogP contribution is -2.44. The number of hydrogen-bond donors (Lipinski definition) is 1. The van der Waals surface area contributed by atoms with Crippen molar-refractivity contribution in [3.63, 3.8) is 0 Å². The molecule has 3 aromatic rings. The van der Waals surface area contributed by atoms with Crippen molar-refractivity contribution in [2.24, 2.45) is 5.92 Å². The lowest BCUT2D eigenvalue weighted by Gasteiger charge is -2.33. The molecule has 0 bridgehead atoms. The van der Waals surface area contributed by atoms with E-state index in [0.717, 1.165) is 74.0 Å². The molecule has 0 aliphatic carbocycles. The third-order valence-electron chi connectivity index (χ3n) is 7.96. The fourth-order valence-electron chi connectivity index (χ4n) is 5.51. The molecular weight excluding hydrogens is 591 g/mol. The first-order chi connectivity index (χ1) is 20.6. The first-order valence-corrected chi connectivity index (χ1v) is 15.2. The quantitative estimate of drug-likeness (QED) is 0.335. The number of pyridine rings is 2. The predicted molar refractivity (Wildman–Crippen MR) is 167 cm³/mol. The van der Waals surface area contributed by atoms with Gasteiger partial charge in [-0.25, -0.2) is 19.7 Å². The normalized spacial score (nSPS) is 16.7. The van der Waals surface area contributed by atoms with Crippen LogP contribution in [0.15, 0.2) is 48.7 Å². The van der Waals surface area contributed by atoms with E-state index in [1.54, 1.807) is 12.3 Å². The van der Waals surface area contributed by atoms with Crippen molar-refractivity contribution in [3.8, 4) is 22.9 Å². The molecule has 0 atom stereocenters. The minimum atomic E-state index is -1.20. The van der Waals surface area contributed by atoms with Crippen molar-refractivity contribution in [2.75, 3.05) is 57.8 Å². The van der Waals surface area contributed by atoms with Crippen molar-refractivity contribution in [1.29, 1.82) is 0 Å². The van der Waals surface area contributed by atoms with Gasteiger partial charge in [0.25, 0.3) is 0 Å². The molecule has 10 nitrogen and oxygen atoms in total. The summed E-state index contributed by atoms with van der Waals surface area (Å²) in [6, 6.07) is 13.2. The molecule has 0 saturated carbocycles. The number of carboxylic acid groups (broad SMARTS) is 1. The summed E-state index contributed by atoms with van der Waals surface area (Å²) in [5.74, 6) is 1.64. The van der Waals surface area contributed by atoms with Crippen LogP contribution in [-0.4, -0.2) is 94.6 Å². The van der Waals surface area contributed by atoms with Gasteiger partial charge in [-0.2, -0.15) is 0 Å². The predicted octanol–water partition coefficient (Wildman–Crippen LogP) is 5.73. The highest BCUT2D eigenvalue weighted by Crippen LogP contribution is 2.31. The van der Waals surface area contributed by atoms with Gasteiger partial charge in [-0.15, -0.1) is 0 Å². The number of halogens is 2. The van der Waals surface area contributed by atoms with Crippen molar-refractivity contribution in [3.05, 3.63) is 64.3 Å². The molecule has 228 valence electrons. The largest absolute Gasteiger partial charge is 0.465 e. The van der Waals surface area contributed by atoms with Crippen LogP contribution < -0.4 is 9.64 Å². The minimum Gasteiger partial charge on any atom is -0.465 e. The zero-order chi connectivity index (χ0) is 30.5. The maximum Gasteiger partial charge on any atom is 0.414 e. The monoisotopic (exact) mass is 626 g/mol. The molecule has 2 fully saturated rings. The maximum atomic E-state index is 11.7. The van der Waals surface area contributed by atoms with E-state index in [1.807, 2.05) is 36.4 Å². The molecule has 2 aromatic heterocycles. The van der Waals surface area contributed by atoms with Crippen molar-refractivity contribution < 1.29 is 19.4 Å². The van der Waals surface area contributed by atoms with E-state index >= 15 is 0 Å². The van der Waals surface area contributed by atoms with Gasteiger partial charge in [0.15, 0.2) is 0 Å². The van der Waals surface area contributed by atoms with Crippen LogP contribution in [0.1, 0.15) is 25.3 Å². The van der Waals surface area contributed by atoms with Gasteiger partial charge < -0.3 is 19.6 Å². The number of piperazine rings is 1. The fraction of sp³-hybridized carbons (Fsp3) is 0.419. The summed E-state index contributed by atoms with van der Waals surface area (Å²) in [5, 5.41) is 10.4. The van der Waals surface area contributed by atoms with Crippen LogP contribution in [0.4, 0.5) is 10.6 Å². The molecule has 2 aliphatic rings. The number of ether oxygens (including phenoxy) is 1. The van der Waals surface area contributed by atoms with Crippen LogP contribution in [0.25, 0.3) is 11.3 Å². The third kappa shape index (κ3) is 8.35. The Kier molecular flexibility index (Phi) is 10.0. The highest BCUT2D eigenvalue weighted by molar-refractivity contribution is 6.35. The van der Waals surface area contributed by atoms with Crippen molar-refractivity contribution in [2.45, 2.75) is 26.3 Å². The molecule has 1 aromatic carbocycles. The number of carbonyl (C=O) groups is 2. The molecule has 5 rings (SSSR count). The summed E-state index contributed by atoms with van der Waals surface area (Å²) in [6.07, 6.45) is 2.13. The number of amides is 2. The van der Waals surface area contributed by atoms with Gasteiger partial charge in [0, 0.05) is 67.9 Å². The summed E-state index contributed by atoms with van der Waals surface area (Å²) in [5.41, 5.74) is 2.48. The van der Waals surface area contributed by atoms with Crippen LogP contribution in [-0.2, 0) is 11.3 Å². The van der Waals surface area contributed by atoms with E-state index in [-0.39, 0.29) is 12.5 Å². The number of carbonyl (C=O) groups excluding carboxylic acids is 1. The van der Waals surface area contributed by atoms with E-state index in [1.165, 1.54) is 6.92 Å². The highest BCUT2D eigenvalue weighted by atomic mass is 35.5. The Bertz CT molecular complexity index is 1410. The lowest BCUT2D eigenvalue weighted by atomic mass is 9.95. The number of likely N-dealkylation sites (tertiary alicyclic amines) is 1. The average molecular weight is 628 g/mol. The van der Waals surface area contributed by atoms with Crippen LogP contribution in [0.3, 0.4) is 0 Å². The molecule has 2 saturated heterocycles. The smallest absolute Gasteiger partial charge is 0.414 e. The molecule has 2 amide bonds. The van der Waals surface area contributed by atoms with Crippen LogP contribution in [0.5, 0.6) is 11.6 Å². The van der Waals surface area contributed by atoms with E-state index in [2.05, 4.69) is 26.7 Å². The molecule has 2 aliphatic heterocycles. The van der Waals surface area contributed by atoms with Crippen LogP contribution in [0.2, 0.25) is 10.0 Å². The van der Waals surface area contributed by atoms with Crippen LogP contribution in [0, 0.1) is 5.92 Å². The molecule has 0 spiro atoms. The molecule has 0 radical (unpaired) electrons. The molecular formula is C31H36Cl2N6O4. The van der Waals surface area contributed by atoms with Gasteiger partial charge in [0.2, 0.25) is 11.8 Å². The Morgan fingerprint density at radius 3 is 2.30 bits per heavy atom. The number of hydrogen-bond acceptors (Lipinski definition) is 8. The van der Waals surface area contributed by atoms with Gasteiger partial charge >= 0.3 is 6.09 Å². The summed E-state index contributed by atoms with van der Waals surface area (Å²) in [4.78, 5) is 40.4. The first kappa shape index (κ1) is 31.0. The SMILES string of the molecule is CC(=O)N(CC1CCN(Cc2cc(Oc3ccc(N4CCN(C)CC4)nc3)nc(-c3cc(Cl)cc(Cl)c3)c2)CC1)C(=O)O. The minimum absolute atomic E-state index is 0.137. The van der Waals surface area contributed by atoms with Gasteiger partial charge in [-0.3, -0.25) is 9.69 Å². The van der Waals surface area contributed by atoms with Gasteiger partial charge in [0.05, 0.1) is 11.9 Å². The lowest BCUT2D eigenvalue weighted by molar-refractivity contribution is -0.127. The van der Waals surface area contributed by atoms with Crippen LogP contribution >= 0.6 is 23.2 Å². The third-order valence-corrected chi connectivity index (χ3v) is 8.39. The summed E-state index contributed by atoms with van der Waals surface area (Å²) >= 11 is 12.6. The van der Waals surface area contributed by atoms with Gasteiger partial charge in [0.1, 0.15) is 11.6 Å². The highest BCUT2D eigenvalue weighted by Gasteiger charge is 2.26. The van der Waals surface area contributed by atoms with E-state index in [0.29, 0.717) is 33.9 Å². The Morgan fingerprint density at radius 2 is 1.70 bits per heavy atom. The Labute approximate surface area is 261 Å².